The Labute approximate surface area is 231 Å². The van der Waals surface area contributed by atoms with Gasteiger partial charge in [-0.25, -0.2) is 4.39 Å². The third-order valence-electron chi connectivity index (χ3n) is 5.18. The van der Waals surface area contributed by atoms with Gasteiger partial charge in [0.15, 0.2) is 0 Å². The predicted octanol–water partition coefficient (Wildman–Crippen LogP) is 7.67. The number of aryl methyl sites for hydroxylation is 1. The lowest BCUT2D eigenvalue weighted by Crippen LogP contribution is -2.50. The second-order valence-electron chi connectivity index (χ2n) is 8.69. The van der Waals surface area contributed by atoms with Crippen LogP contribution in [0.2, 0.25) is 5.02 Å². The van der Waals surface area contributed by atoms with E-state index in [0.717, 1.165) is 13.0 Å². The van der Waals surface area contributed by atoms with Crippen LogP contribution in [0.3, 0.4) is 0 Å². The van der Waals surface area contributed by atoms with Gasteiger partial charge in [0.1, 0.15) is 0 Å². The molecule has 2 aromatic rings. The molecule has 0 unspecified atom stereocenters. The molecule has 4 nitrogen and oxygen atoms in total. The van der Waals surface area contributed by atoms with E-state index in [0.29, 0.717) is 17.9 Å². The average Bonchev–Trinajstić information content (AvgIpc) is 2.74. The number of alkyl halides is 7. The van der Waals surface area contributed by atoms with E-state index in [9.17, 15) is 40.3 Å². The predicted molar refractivity (Wildman–Crippen MR) is 138 cm³/mol. The first-order valence-electron chi connectivity index (χ1n) is 10.3. The quantitative estimate of drug-likeness (QED) is 0.233. The number of carbonyl (C=O) groups is 2. The van der Waals surface area contributed by atoms with Gasteiger partial charge in [0.2, 0.25) is 0 Å². The van der Waals surface area contributed by atoms with Crippen molar-refractivity contribution in [2.45, 2.75) is 44.3 Å². The molecule has 0 aromatic heterocycles. The summed E-state index contributed by atoms with van der Waals surface area (Å²) in [6, 6.07) is 4.02. The molecule has 0 atom stereocenters. The van der Waals surface area contributed by atoms with E-state index in [-0.39, 0.29) is 31.0 Å². The molecule has 2 aromatic carbocycles. The van der Waals surface area contributed by atoms with Crippen molar-refractivity contribution in [3.8, 4) is 0 Å². The molecule has 0 bridgehead atoms. The van der Waals surface area contributed by atoms with Crippen molar-refractivity contribution in [2.24, 2.45) is 0 Å². The molecule has 2 rings (SSSR count). The monoisotopic (exact) mass is 684 g/mol. The van der Waals surface area contributed by atoms with Crippen LogP contribution in [0, 0.1) is 10.5 Å². The number of benzene rings is 2. The SMILES string of the molecule is CSCC(C)(C)NC(=O)c1c(C(=O)Nc2ccc(C(F)(C(F)(F)F)C(F)(F)F)cc2C)ccc(Cl)c1I. The Balaban J connectivity index is 2.48. The molecule has 0 aliphatic rings. The second-order valence-corrected chi connectivity index (χ2v) is 11.0. The number of halogens is 9. The van der Waals surface area contributed by atoms with E-state index in [1.54, 1.807) is 36.4 Å². The zero-order chi connectivity index (χ0) is 28.6. The topological polar surface area (TPSA) is 58.2 Å². The van der Waals surface area contributed by atoms with Gasteiger partial charge in [0.05, 0.1) is 16.1 Å². The van der Waals surface area contributed by atoms with E-state index in [4.69, 9.17) is 11.6 Å². The van der Waals surface area contributed by atoms with Crippen LogP contribution in [-0.2, 0) is 5.67 Å². The third kappa shape index (κ3) is 6.64. The highest BCUT2D eigenvalue weighted by Crippen LogP contribution is 2.53. The van der Waals surface area contributed by atoms with Crippen LogP contribution in [0.25, 0.3) is 0 Å². The van der Waals surface area contributed by atoms with Crippen molar-refractivity contribution in [2.75, 3.05) is 17.3 Å². The van der Waals surface area contributed by atoms with Crippen LogP contribution >= 0.6 is 46.0 Å². The van der Waals surface area contributed by atoms with Crippen molar-refractivity contribution in [1.82, 2.24) is 5.32 Å². The summed E-state index contributed by atoms with van der Waals surface area (Å²) in [5, 5.41) is 5.35. The molecule has 0 heterocycles. The smallest absolute Gasteiger partial charge is 0.346 e. The van der Waals surface area contributed by atoms with Gasteiger partial charge in [-0.3, -0.25) is 9.59 Å². The zero-order valence-electron chi connectivity index (χ0n) is 19.7. The first-order chi connectivity index (χ1) is 16.8. The summed E-state index contributed by atoms with van der Waals surface area (Å²) >= 11 is 9.41. The standard InChI is InChI=1S/C23H21ClF7IN2O2S/c1-11-9-12(21(25,22(26,27)28)23(29,30)31)5-8-15(11)33-18(35)13-6-7-14(24)17(32)16(13)19(36)34-20(2,3)10-37-4/h5-9H,10H2,1-4H3,(H,33,35)(H,34,36). The van der Waals surface area contributed by atoms with Crippen LogP contribution in [-0.4, -0.2) is 41.7 Å². The van der Waals surface area contributed by atoms with Crippen molar-refractivity contribution >= 4 is 63.5 Å². The van der Waals surface area contributed by atoms with Crippen LogP contribution in [0.15, 0.2) is 30.3 Å². The molecule has 0 saturated heterocycles. The summed E-state index contributed by atoms with van der Waals surface area (Å²) in [6.45, 7) is 4.66. The van der Waals surface area contributed by atoms with Crippen LogP contribution in [0.1, 0.15) is 45.7 Å². The highest BCUT2D eigenvalue weighted by molar-refractivity contribution is 14.1. The summed E-state index contributed by atoms with van der Waals surface area (Å²) in [7, 11) is 0. The normalized spacial score (nSPS) is 12.9. The molecule has 0 aliphatic carbocycles. The number of carbonyl (C=O) groups excluding carboxylic acids is 2. The first-order valence-corrected chi connectivity index (χ1v) is 13.2. The van der Waals surface area contributed by atoms with Gasteiger partial charge < -0.3 is 10.6 Å². The second kappa shape index (κ2) is 11.2. The molecule has 2 amide bonds. The van der Waals surface area contributed by atoms with Gasteiger partial charge in [-0.1, -0.05) is 23.7 Å². The molecular formula is C23H21ClF7IN2O2S. The Morgan fingerprint density at radius 3 is 2.03 bits per heavy atom. The highest BCUT2D eigenvalue weighted by atomic mass is 127. The minimum absolute atomic E-state index is 0.0639. The highest BCUT2D eigenvalue weighted by Gasteiger charge is 2.73. The lowest BCUT2D eigenvalue weighted by molar-refractivity contribution is -0.348. The molecular weight excluding hydrogens is 664 g/mol. The molecule has 2 N–H and O–H groups in total. The fourth-order valence-electron chi connectivity index (χ4n) is 3.42. The molecule has 37 heavy (non-hydrogen) atoms. The number of thioether (sulfide) groups is 1. The van der Waals surface area contributed by atoms with E-state index in [1.807, 2.05) is 6.26 Å². The molecule has 14 heteroatoms. The van der Waals surface area contributed by atoms with Gasteiger partial charge in [0.25, 0.3) is 11.8 Å². The van der Waals surface area contributed by atoms with E-state index < -0.39 is 40.9 Å². The first kappa shape index (κ1) is 31.5. The summed E-state index contributed by atoms with van der Waals surface area (Å²) in [6.07, 6.45) is -10.7. The maximum absolute atomic E-state index is 14.4. The Kier molecular flexibility index (Phi) is 9.50. The maximum atomic E-state index is 14.4. The fourth-order valence-corrected chi connectivity index (χ4v) is 5.09. The van der Waals surface area contributed by atoms with Gasteiger partial charge in [-0.05, 0) is 73.4 Å². The zero-order valence-corrected chi connectivity index (χ0v) is 23.5. The van der Waals surface area contributed by atoms with E-state index in [1.165, 1.54) is 23.9 Å². The summed E-state index contributed by atoms with van der Waals surface area (Å²) in [5.74, 6) is -0.938. The third-order valence-corrected chi connectivity index (χ3v) is 7.94. The van der Waals surface area contributed by atoms with E-state index >= 15 is 0 Å². The van der Waals surface area contributed by atoms with Crippen molar-refractivity contribution in [1.29, 1.82) is 0 Å². The number of nitrogens with one attached hydrogen (secondary N) is 2. The fraction of sp³-hybridized carbons (Fsp3) is 0.391. The van der Waals surface area contributed by atoms with Gasteiger partial charge in [0, 0.05) is 26.1 Å². The summed E-state index contributed by atoms with van der Waals surface area (Å²) in [4.78, 5) is 26.1. The molecule has 0 aliphatic heterocycles. The Hall–Kier alpha value is -1.74. The number of amides is 2. The maximum Gasteiger partial charge on any atom is 0.435 e. The number of hydrogen-bond acceptors (Lipinski definition) is 3. The van der Waals surface area contributed by atoms with Crippen LogP contribution < -0.4 is 10.6 Å². The lowest BCUT2D eigenvalue weighted by Gasteiger charge is -2.30. The number of hydrogen-bond donors (Lipinski definition) is 2. The van der Waals surface area contributed by atoms with Gasteiger partial charge >= 0.3 is 18.0 Å². The average molecular weight is 685 g/mol. The van der Waals surface area contributed by atoms with Crippen molar-refractivity contribution in [3.63, 3.8) is 0 Å². The van der Waals surface area contributed by atoms with Gasteiger partial charge in [-0.2, -0.15) is 38.1 Å². The van der Waals surface area contributed by atoms with Crippen molar-refractivity contribution < 1.29 is 40.3 Å². The van der Waals surface area contributed by atoms with Crippen LogP contribution in [0.5, 0.6) is 0 Å². The van der Waals surface area contributed by atoms with E-state index in [2.05, 4.69) is 10.6 Å². The Morgan fingerprint density at radius 1 is 0.973 bits per heavy atom. The molecule has 0 saturated carbocycles. The minimum Gasteiger partial charge on any atom is -0.346 e. The lowest BCUT2D eigenvalue weighted by atomic mass is 9.92. The summed E-state index contributed by atoms with van der Waals surface area (Å²) in [5.41, 5.74) is -8.59. The van der Waals surface area contributed by atoms with Crippen LogP contribution in [0.4, 0.5) is 36.4 Å². The Morgan fingerprint density at radius 2 is 1.54 bits per heavy atom. The largest absolute Gasteiger partial charge is 0.435 e. The molecule has 0 fully saturated rings. The minimum atomic E-state index is -6.27. The molecule has 204 valence electrons. The number of rotatable bonds is 7. The molecule has 0 spiro atoms. The van der Waals surface area contributed by atoms with Crippen molar-refractivity contribution in [3.05, 3.63) is 61.2 Å². The number of anilines is 1. The summed E-state index contributed by atoms with van der Waals surface area (Å²) < 4.78 is 93.2. The Bertz CT molecular complexity index is 1190. The molecule has 0 radical (unpaired) electrons. The van der Waals surface area contributed by atoms with Gasteiger partial charge in [-0.15, -0.1) is 0 Å².